The smallest absolute Gasteiger partial charge is 0.252 e. The van der Waals surface area contributed by atoms with Gasteiger partial charge in [-0.1, -0.05) is 0 Å². The number of furan rings is 1. The van der Waals surface area contributed by atoms with Gasteiger partial charge in [0.05, 0.1) is 24.2 Å². The third-order valence-corrected chi connectivity index (χ3v) is 4.14. The van der Waals surface area contributed by atoms with Gasteiger partial charge in [0.25, 0.3) is 5.91 Å². The van der Waals surface area contributed by atoms with Crippen LogP contribution in [0.25, 0.3) is 22.2 Å². The molecule has 23 heavy (non-hydrogen) atoms. The Balaban J connectivity index is 1.57. The number of carbonyl (C=O) groups is 1. The minimum absolute atomic E-state index is 0.129. The van der Waals surface area contributed by atoms with Crippen molar-refractivity contribution < 1.29 is 13.9 Å². The van der Waals surface area contributed by atoms with E-state index in [9.17, 15) is 4.79 Å². The molecule has 3 aromatic heterocycles. The normalized spacial score (nSPS) is 17.7. The Bertz CT molecular complexity index is 817. The Morgan fingerprint density at radius 2 is 2.43 bits per heavy atom. The lowest BCUT2D eigenvalue weighted by molar-refractivity contribution is 0.0857. The Morgan fingerprint density at radius 1 is 1.48 bits per heavy atom. The maximum atomic E-state index is 12.3. The molecule has 0 radical (unpaired) electrons. The van der Waals surface area contributed by atoms with Crippen LogP contribution in [0.4, 0.5) is 0 Å². The number of ether oxygens (including phenoxy) is 1. The van der Waals surface area contributed by atoms with Gasteiger partial charge in [-0.2, -0.15) is 0 Å². The summed E-state index contributed by atoms with van der Waals surface area (Å²) in [7, 11) is 0. The summed E-state index contributed by atoms with van der Waals surface area (Å²) in [4.78, 5) is 19.8. The van der Waals surface area contributed by atoms with Crippen molar-refractivity contribution in [1.82, 2.24) is 15.3 Å². The second-order valence-electron chi connectivity index (χ2n) is 5.68. The van der Waals surface area contributed by atoms with Crippen LogP contribution in [-0.4, -0.2) is 35.1 Å². The molecule has 0 saturated carbocycles. The summed E-state index contributed by atoms with van der Waals surface area (Å²) in [6.45, 7) is 1.32. The number of carbonyl (C=O) groups excluding carboxylic acids is 1. The predicted octanol–water partition coefficient (Wildman–Crippen LogP) is 2.73. The molecule has 2 N–H and O–H groups in total. The first-order valence-corrected chi connectivity index (χ1v) is 7.71. The lowest BCUT2D eigenvalue weighted by atomic mass is 10.1. The molecule has 1 aliphatic heterocycles. The average Bonchev–Trinajstić information content (AvgIpc) is 3.31. The lowest BCUT2D eigenvalue weighted by Gasteiger charge is -2.10. The molecule has 1 atom stereocenters. The summed E-state index contributed by atoms with van der Waals surface area (Å²) < 4.78 is 10.7. The van der Waals surface area contributed by atoms with E-state index in [0.717, 1.165) is 41.6 Å². The monoisotopic (exact) mass is 311 g/mol. The number of nitrogens with one attached hydrogen (secondary N) is 2. The highest BCUT2D eigenvalue weighted by molar-refractivity contribution is 6.00. The van der Waals surface area contributed by atoms with Crippen LogP contribution in [0.5, 0.6) is 0 Å². The van der Waals surface area contributed by atoms with E-state index >= 15 is 0 Å². The van der Waals surface area contributed by atoms with Gasteiger partial charge in [0.15, 0.2) is 0 Å². The summed E-state index contributed by atoms with van der Waals surface area (Å²) >= 11 is 0. The highest BCUT2D eigenvalue weighted by Gasteiger charge is 2.17. The molecule has 118 valence electrons. The molecule has 1 amide bonds. The van der Waals surface area contributed by atoms with Gasteiger partial charge in [-0.25, -0.2) is 4.98 Å². The maximum absolute atomic E-state index is 12.3. The van der Waals surface area contributed by atoms with E-state index in [4.69, 9.17) is 9.15 Å². The molecule has 0 aromatic carbocycles. The number of H-pyrrole nitrogens is 1. The van der Waals surface area contributed by atoms with Crippen molar-refractivity contribution in [2.45, 2.75) is 18.9 Å². The van der Waals surface area contributed by atoms with Gasteiger partial charge in [-0.05, 0) is 25.0 Å². The number of hydrogen-bond acceptors (Lipinski definition) is 4. The first-order chi connectivity index (χ1) is 11.3. The molecule has 0 bridgehead atoms. The van der Waals surface area contributed by atoms with Crippen molar-refractivity contribution >= 4 is 16.9 Å². The fraction of sp³-hybridized carbons (Fsp3) is 0.294. The Hall–Kier alpha value is -2.60. The van der Waals surface area contributed by atoms with E-state index in [1.54, 1.807) is 18.7 Å². The number of rotatable bonds is 4. The van der Waals surface area contributed by atoms with Crippen molar-refractivity contribution in [3.05, 3.63) is 42.6 Å². The molecule has 6 heteroatoms. The van der Waals surface area contributed by atoms with E-state index in [1.807, 2.05) is 18.3 Å². The quantitative estimate of drug-likeness (QED) is 0.776. The molecule has 0 spiro atoms. The molecule has 1 aliphatic rings. The van der Waals surface area contributed by atoms with Crippen LogP contribution in [0.2, 0.25) is 0 Å². The zero-order valence-corrected chi connectivity index (χ0v) is 12.5. The van der Waals surface area contributed by atoms with Crippen LogP contribution < -0.4 is 5.32 Å². The van der Waals surface area contributed by atoms with Gasteiger partial charge >= 0.3 is 0 Å². The molecule has 1 saturated heterocycles. The minimum atomic E-state index is -0.130. The van der Waals surface area contributed by atoms with Crippen LogP contribution >= 0.6 is 0 Å². The van der Waals surface area contributed by atoms with Crippen LogP contribution in [0.15, 0.2) is 41.5 Å². The third kappa shape index (κ3) is 2.73. The fourth-order valence-electron chi connectivity index (χ4n) is 2.90. The van der Waals surface area contributed by atoms with Crippen molar-refractivity contribution in [3.63, 3.8) is 0 Å². The Morgan fingerprint density at radius 3 is 3.22 bits per heavy atom. The molecule has 4 heterocycles. The molecule has 6 nitrogen and oxygen atoms in total. The number of nitrogens with zero attached hydrogens (tertiary/aromatic N) is 1. The highest BCUT2D eigenvalue weighted by Crippen LogP contribution is 2.28. The van der Waals surface area contributed by atoms with E-state index in [2.05, 4.69) is 15.3 Å². The van der Waals surface area contributed by atoms with Gasteiger partial charge in [0.2, 0.25) is 0 Å². The lowest BCUT2D eigenvalue weighted by Crippen LogP contribution is -2.31. The van der Waals surface area contributed by atoms with E-state index < -0.39 is 0 Å². The summed E-state index contributed by atoms with van der Waals surface area (Å²) in [6, 6.07) is 3.73. The molecule has 0 aliphatic carbocycles. The summed E-state index contributed by atoms with van der Waals surface area (Å²) in [5.41, 5.74) is 3.21. The maximum Gasteiger partial charge on any atom is 0.252 e. The fourth-order valence-corrected chi connectivity index (χ4v) is 2.90. The Kier molecular flexibility index (Phi) is 3.59. The highest BCUT2D eigenvalue weighted by atomic mass is 16.5. The summed E-state index contributed by atoms with van der Waals surface area (Å²) in [5.74, 6) is -0.130. The van der Waals surface area contributed by atoms with E-state index in [1.165, 1.54) is 0 Å². The molecule has 1 unspecified atom stereocenters. The first kappa shape index (κ1) is 14.0. The molecule has 3 aromatic rings. The van der Waals surface area contributed by atoms with Crippen molar-refractivity contribution in [3.8, 4) is 11.1 Å². The number of hydrogen-bond donors (Lipinski definition) is 2. The van der Waals surface area contributed by atoms with Crippen molar-refractivity contribution in [2.75, 3.05) is 13.2 Å². The van der Waals surface area contributed by atoms with Crippen molar-refractivity contribution in [2.24, 2.45) is 0 Å². The number of fused-ring (bicyclic) bond motifs is 1. The van der Waals surface area contributed by atoms with Crippen LogP contribution in [0.1, 0.15) is 23.2 Å². The van der Waals surface area contributed by atoms with Gasteiger partial charge in [-0.15, -0.1) is 0 Å². The standard InChI is InChI=1S/C17H17N3O3/c21-17(20-8-13-2-1-4-23-13)12-6-14-15(11-3-5-22-10-11)9-19-16(14)18-7-12/h3,5-7,9-10,13H,1-2,4,8H2,(H,18,19)(H,20,21). The molecular formula is C17H17N3O3. The van der Waals surface area contributed by atoms with E-state index in [0.29, 0.717) is 12.1 Å². The number of aromatic nitrogens is 2. The molecule has 4 rings (SSSR count). The van der Waals surface area contributed by atoms with Crippen LogP contribution in [0.3, 0.4) is 0 Å². The van der Waals surface area contributed by atoms with E-state index in [-0.39, 0.29) is 12.0 Å². The predicted molar refractivity (Wildman–Crippen MR) is 85.1 cm³/mol. The summed E-state index contributed by atoms with van der Waals surface area (Å²) in [5, 5.41) is 3.82. The Labute approximate surface area is 132 Å². The van der Waals surface area contributed by atoms with Crippen LogP contribution in [-0.2, 0) is 4.74 Å². The average molecular weight is 311 g/mol. The second-order valence-corrected chi connectivity index (χ2v) is 5.68. The van der Waals surface area contributed by atoms with Gasteiger partial charge in [0, 0.05) is 42.1 Å². The topological polar surface area (TPSA) is 80.1 Å². The second kappa shape index (κ2) is 5.89. The number of pyridine rings is 1. The number of aromatic amines is 1. The SMILES string of the molecule is O=C(NCC1CCCO1)c1cnc2[nH]cc(-c3ccoc3)c2c1. The van der Waals surface area contributed by atoms with Gasteiger partial charge in [-0.3, -0.25) is 4.79 Å². The van der Waals surface area contributed by atoms with Crippen LogP contribution in [0, 0.1) is 0 Å². The zero-order chi connectivity index (χ0) is 15.6. The van der Waals surface area contributed by atoms with Gasteiger partial charge < -0.3 is 19.5 Å². The molecule has 1 fully saturated rings. The largest absolute Gasteiger partial charge is 0.472 e. The molecular weight excluding hydrogens is 294 g/mol. The zero-order valence-electron chi connectivity index (χ0n) is 12.5. The first-order valence-electron chi connectivity index (χ1n) is 7.71. The third-order valence-electron chi connectivity index (χ3n) is 4.14. The van der Waals surface area contributed by atoms with Crippen molar-refractivity contribution in [1.29, 1.82) is 0 Å². The number of amides is 1. The summed E-state index contributed by atoms with van der Waals surface area (Å²) in [6.07, 6.45) is 8.95. The minimum Gasteiger partial charge on any atom is -0.472 e. The van der Waals surface area contributed by atoms with Gasteiger partial charge in [0.1, 0.15) is 5.65 Å².